The number of carboxylic acid groups (broad SMARTS) is 1. The Balaban J connectivity index is 0.00000242. The number of morpholine rings is 1. The number of carbonyl (C=O) groups is 2. The molecule has 2 unspecified atom stereocenters. The molecule has 1 fully saturated rings. The number of halogens is 2. The first kappa shape index (κ1) is 18.7. The maximum atomic E-state index is 12.3. The SMILES string of the molecule is Cl.NC(Cc1ccc(Cl)cc1)C(=O)N1CCOCC1C(=O)O. The van der Waals surface area contributed by atoms with Gasteiger partial charge in [0.15, 0.2) is 6.04 Å². The van der Waals surface area contributed by atoms with Crippen LogP contribution in [0.15, 0.2) is 24.3 Å². The number of carboxylic acids is 1. The van der Waals surface area contributed by atoms with Gasteiger partial charge in [0.25, 0.3) is 0 Å². The first-order valence-electron chi connectivity index (χ1n) is 6.60. The summed E-state index contributed by atoms with van der Waals surface area (Å²) in [5.41, 5.74) is 6.80. The van der Waals surface area contributed by atoms with Crippen molar-refractivity contribution in [2.45, 2.75) is 18.5 Å². The van der Waals surface area contributed by atoms with Crippen LogP contribution in [-0.2, 0) is 20.7 Å². The number of rotatable bonds is 4. The van der Waals surface area contributed by atoms with E-state index in [1.165, 1.54) is 4.90 Å². The Labute approximate surface area is 139 Å². The standard InChI is InChI=1S/C14H17ClN2O4.ClH/c15-10-3-1-9(2-4-10)7-11(16)13(18)17-5-6-21-8-12(17)14(19)20;/h1-4,11-12H,5-8,16H2,(H,19,20);1H. The molecule has 1 aliphatic heterocycles. The van der Waals surface area contributed by atoms with Crippen LogP contribution in [0.3, 0.4) is 0 Å². The van der Waals surface area contributed by atoms with E-state index in [1.54, 1.807) is 24.3 Å². The first-order chi connectivity index (χ1) is 9.99. The average molecular weight is 349 g/mol. The van der Waals surface area contributed by atoms with Crippen molar-refractivity contribution in [3.8, 4) is 0 Å². The van der Waals surface area contributed by atoms with E-state index in [1.807, 2.05) is 0 Å². The zero-order valence-electron chi connectivity index (χ0n) is 11.8. The van der Waals surface area contributed by atoms with Crippen LogP contribution in [0.2, 0.25) is 5.02 Å². The number of nitrogens with two attached hydrogens (primary N) is 1. The number of benzene rings is 1. The summed E-state index contributed by atoms with van der Waals surface area (Å²) in [5, 5.41) is 9.74. The lowest BCUT2D eigenvalue weighted by atomic mass is 10.0. The van der Waals surface area contributed by atoms with Gasteiger partial charge in [-0.25, -0.2) is 4.79 Å². The summed E-state index contributed by atoms with van der Waals surface area (Å²) < 4.78 is 5.10. The molecule has 1 aromatic rings. The molecule has 6 nitrogen and oxygen atoms in total. The lowest BCUT2D eigenvalue weighted by Crippen LogP contribution is -2.57. The smallest absolute Gasteiger partial charge is 0.328 e. The maximum absolute atomic E-state index is 12.3. The molecular formula is C14H18Cl2N2O4. The Morgan fingerprint density at radius 3 is 2.64 bits per heavy atom. The highest BCUT2D eigenvalue weighted by Crippen LogP contribution is 2.13. The molecule has 1 saturated heterocycles. The monoisotopic (exact) mass is 348 g/mol. The van der Waals surface area contributed by atoms with Crippen molar-refractivity contribution in [1.29, 1.82) is 0 Å². The van der Waals surface area contributed by atoms with E-state index in [-0.39, 0.29) is 31.5 Å². The molecule has 0 radical (unpaired) electrons. The van der Waals surface area contributed by atoms with Crippen molar-refractivity contribution in [2.75, 3.05) is 19.8 Å². The van der Waals surface area contributed by atoms with E-state index in [0.717, 1.165) is 5.56 Å². The third-order valence-corrected chi connectivity index (χ3v) is 3.63. The fourth-order valence-electron chi connectivity index (χ4n) is 2.25. The predicted octanol–water partition coefficient (Wildman–Crippen LogP) is 0.944. The molecule has 1 aromatic carbocycles. The fourth-order valence-corrected chi connectivity index (χ4v) is 2.37. The summed E-state index contributed by atoms with van der Waals surface area (Å²) >= 11 is 5.80. The van der Waals surface area contributed by atoms with Gasteiger partial charge in [-0.1, -0.05) is 23.7 Å². The van der Waals surface area contributed by atoms with Gasteiger partial charge in [0.2, 0.25) is 5.91 Å². The minimum Gasteiger partial charge on any atom is -0.480 e. The van der Waals surface area contributed by atoms with Gasteiger partial charge in [0.1, 0.15) is 0 Å². The van der Waals surface area contributed by atoms with Gasteiger partial charge in [-0.05, 0) is 24.1 Å². The van der Waals surface area contributed by atoms with Crippen molar-refractivity contribution in [2.24, 2.45) is 5.73 Å². The quantitative estimate of drug-likeness (QED) is 0.844. The molecular weight excluding hydrogens is 331 g/mol. The van der Waals surface area contributed by atoms with Crippen molar-refractivity contribution < 1.29 is 19.4 Å². The summed E-state index contributed by atoms with van der Waals surface area (Å²) in [7, 11) is 0. The number of nitrogens with zero attached hydrogens (tertiary/aromatic N) is 1. The molecule has 0 bridgehead atoms. The van der Waals surface area contributed by atoms with E-state index in [9.17, 15) is 9.59 Å². The molecule has 0 aromatic heterocycles. The van der Waals surface area contributed by atoms with E-state index in [2.05, 4.69) is 0 Å². The molecule has 8 heteroatoms. The topological polar surface area (TPSA) is 92.9 Å². The molecule has 0 aliphatic carbocycles. The van der Waals surface area contributed by atoms with Gasteiger partial charge in [0.05, 0.1) is 19.3 Å². The van der Waals surface area contributed by atoms with Gasteiger partial charge in [0, 0.05) is 11.6 Å². The largest absolute Gasteiger partial charge is 0.480 e. The lowest BCUT2D eigenvalue weighted by Gasteiger charge is -2.34. The summed E-state index contributed by atoms with van der Waals surface area (Å²) in [6.07, 6.45) is 0.333. The second kappa shape index (κ2) is 8.33. The van der Waals surface area contributed by atoms with Crippen LogP contribution in [-0.4, -0.2) is 53.7 Å². The Hall–Kier alpha value is -1.34. The fraction of sp³-hybridized carbons (Fsp3) is 0.429. The molecule has 1 amide bonds. The Morgan fingerprint density at radius 1 is 1.41 bits per heavy atom. The van der Waals surface area contributed by atoms with E-state index < -0.39 is 18.1 Å². The van der Waals surface area contributed by atoms with Gasteiger partial charge in [-0.2, -0.15) is 0 Å². The second-order valence-electron chi connectivity index (χ2n) is 4.90. The van der Waals surface area contributed by atoms with Crippen LogP contribution in [0.4, 0.5) is 0 Å². The van der Waals surface area contributed by atoms with Gasteiger partial charge < -0.3 is 20.5 Å². The first-order valence-corrected chi connectivity index (χ1v) is 6.98. The zero-order valence-corrected chi connectivity index (χ0v) is 13.3. The van der Waals surface area contributed by atoms with Gasteiger partial charge in [-0.3, -0.25) is 4.79 Å². The number of amides is 1. The van der Waals surface area contributed by atoms with E-state index >= 15 is 0 Å². The number of aliphatic carboxylic acids is 1. The van der Waals surface area contributed by atoms with Crippen molar-refractivity contribution in [3.05, 3.63) is 34.9 Å². The van der Waals surface area contributed by atoms with Crippen LogP contribution in [0, 0.1) is 0 Å². The normalized spacial score (nSPS) is 19.2. The molecule has 2 atom stereocenters. The molecule has 2 rings (SSSR count). The molecule has 0 spiro atoms. The summed E-state index contributed by atoms with van der Waals surface area (Å²) in [6.45, 7) is 0.558. The molecule has 3 N–H and O–H groups in total. The lowest BCUT2D eigenvalue weighted by molar-refractivity contribution is -0.158. The Morgan fingerprint density at radius 2 is 2.05 bits per heavy atom. The van der Waals surface area contributed by atoms with Crippen LogP contribution >= 0.6 is 24.0 Å². The van der Waals surface area contributed by atoms with Gasteiger partial charge >= 0.3 is 5.97 Å². The van der Waals surface area contributed by atoms with Crippen molar-refractivity contribution in [3.63, 3.8) is 0 Å². The zero-order chi connectivity index (χ0) is 15.4. The summed E-state index contributed by atoms with van der Waals surface area (Å²) in [5.74, 6) is -1.46. The second-order valence-corrected chi connectivity index (χ2v) is 5.33. The third kappa shape index (κ3) is 4.58. The number of hydrogen-bond donors (Lipinski definition) is 2. The van der Waals surface area contributed by atoms with Crippen LogP contribution < -0.4 is 5.73 Å². The minimum absolute atomic E-state index is 0. The highest BCUT2D eigenvalue weighted by Gasteiger charge is 2.34. The Kier molecular flexibility index (Phi) is 7.09. The van der Waals surface area contributed by atoms with Crippen molar-refractivity contribution in [1.82, 2.24) is 4.90 Å². The van der Waals surface area contributed by atoms with Crippen LogP contribution in [0.25, 0.3) is 0 Å². The number of hydrogen-bond acceptors (Lipinski definition) is 4. The van der Waals surface area contributed by atoms with Gasteiger partial charge in [-0.15, -0.1) is 12.4 Å². The molecule has 1 heterocycles. The molecule has 122 valence electrons. The van der Waals surface area contributed by atoms with E-state index in [4.69, 9.17) is 27.2 Å². The molecule has 1 aliphatic rings. The maximum Gasteiger partial charge on any atom is 0.328 e. The Bertz CT molecular complexity index is 524. The van der Waals surface area contributed by atoms with Crippen molar-refractivity contribution >= 4 is 35.9 Å². The molecule has 22 heavy (non-hydrogen) atoms. The van der Waals surface area contributed by atoms with Crippen LogP contribution in [0.5, 0.6) is 0 Å². The van der Waals surface area contributed by atoms with Crippen LogP contribution in [0.1, 0.15) is 5.56 Å². The molecule has 0 saturated carbocycles. The summed E-state index contributed by atoms with van der Waals surface area (Å²) in [4.78, 5) is 24.8. The number of carbonyl (C=O) groups excluding carboxylic acids is 1. The highest BCUT2D eigenvalue weighted by atomic mass is 35.5. The highest BCUT2D eigenvalue weighted by molar-refractivity contribution is 6.30. The van der Waals surface area contributed by atoms with E-state index in [0.29, 0.717) is 18.1 Å². The third-order valence-electron chi connectivity index (χ3n) is 3.38. The predicted molar refractivity (Wildman–Crippen MR) is 84.3 cm³/mol. The minimum atomic E-state index is -1.08. The number of ether oxygens (including phenoxy) is 1. The summed E-state index contributed by atoms with van der Waals surface area (Å²) in [6, 6.07) is 5.28. The average Bonchev–Trinajstić information content (AvgIpc) is 2.48.